The molecule has 2 rings (SSSR count). The molecule has 0 fully saturated rings. The first kappa shape index (κ1) is 14.9. The number of fused-ring (bicyclic) bond motifs is 1. The zero-order valence-electron chi connectivity index (χ0n) is 12.4. The number of nitrogens with one attached hydrogen (secondary N) is 1. The van der Waals surface area contributed by atoms with E-state index < -0.39 is 0 Å². The Labute approximate surface area is 120 Å². The lowest BCUT2D eigenvalue weighted by Gasteiger charge is -2.31. The van der Waals surface area contributed by atoms with Crippen LogP contribution >= 0.6 is 0 Å². The van der Waals surface area contributed by atoms with Gasteiger partial charge in [0, 0.05) is 19.2 Å². The molecule has 4 nitrogen and oxygen atoms in total. The van der Waals surface area contributed by atoms with Crippen LogP contribution in [-0.4, -0.2) is 27.7 Å². The van der Waals surface area contributed by atoms with Crippen LogP contribution in [0.5, 0.6) is 0 Å². The molecule has 0 saturated heterocycles. The van der Waals surface area contributed by atoms with Crippen molar-refractivity contribution in [3.05, 3.63) is 36.2 Å². The van der Waals surface area contributed by atoms with Crippen LogP contribution in [0.25, 0.3) is 11.0 Å². The minimum Gasteiger partial charge on any atom is -0.396 e. The highest BCUT2D eigenvalue weighted by Crippen LogP contribution is 2.22. The predicted octanol–water partition coefficient (Wildman–Crippen LogP) is 2.52. The summed E-state index contributed by atoms with van der Waals surface area (Å²) in [5.41, 5.74) is 2.86. The molecule has 0 spiro atoms. The van der Waals surface area contributed by atoms with Gasteiger partial charge in [-0.3, -0.25) is 4.98 Å². The summed E-state index contributed by atoms with van der Waals surface area (Å²) in [6.45, 7) is 7.38. The van der Waals surface area contributed by atoms with Gasteiger partial charge in [-0.25, -0.2) is 4.98 Å². The molecule has 20 heavy (non-hydrogen) atoms. The van der Waals surface area contributed by atoms with Gasteiger partial charge in [0.25, 0.3) is 0 Å². The zero-order valence-corrected chi connectivity index (χ0v) is 12.4. The lowest BCUT2D eigenvalue weighted by atomic mass is 9.85. The van der Waals surface area contributed by atoms with Crippen molar-refractivity contribution in [2.24, 2.45) is 5.41 Å². The first-order chi connectivity index (χ1) is 9.50. The number of aliphatic hydroxyl groups excluding tert-OH is 1. The van der Waals surface area contributed by atoms with Crippen LogP contribution < -0.4 is 5.32 Å². The Kier molecular flexibility index (Phi) is 4.68. The lowest BCUT2D eigenvalue weighted by molar-refractivity contribution is 0.196. The van der Waals surface area contributed by atoms with E-state index in [1.807, 2.05) is 30.5 Å². The van der Waals surface area contributed by atoms with Crippen LogP contribution in [0.15, 0.2) is 30.5 Å². The van der Waals surface area contributed by atoms with Crippen LogP contribution in [0, 0.1) is 5.41 Å². The highest BCUT2D eigenvalue weighted by Gasteiger charge is 2.23. The minimum atomic E-state index is 0.104. The maximum Gasteiger partial charge on any atom is 0.0890 e. The SMILES string of the molecule is CC(C)(C)C(CCO)NCc1cnc2ccccc2n1. The number of nitrogens with zero attached hydrogens (tertiary/aromatic N) is 2. The summed E-state index contributed by atoms with van der Waals surface area (Å²) in [5.74, 6) is 0. The van der Waals surface area contributed by atoms with Gasteiger partial charge in [0.1, 0.15) is 0 Å². The first-order valence-electron chi connectivity index (χ1n) is 7.05. The molecule has 1 heterocycles. The molecular formula is C16H23N3O. The molecule has 1 aromatic carbocycles. The third kappa shape index (κ3) is 3.74. The van der Waals surface area contributed by atoms with E-state index >= 15 is 0 Å². The highest BCUT2D eigenvalue weighted by molar-refractivity contribution is 5.73. The maximum absolute atomic E-state index is 9.17. The van der Waals surface area contributed by atoms with Gasteiger partial charge < -0.3 is 10.4 Å². The van der Waals surface area contributed by atoms with E-state index in [0.29, 0.717) is 6.54 Å². The fourth-order valence-corrected chi connectivity index (χ4v) is 2.28. The second-order valence-electron chi connectivity index (χ2n) is 6.16. The number of aromatic nitrogens is 2. The summed E-state index contributed by atoms with van der Waals surface area (Å²) in [5, 5.41) is 12.6. The standard InChI is InChI=1S/C16H23N3O/c1-16(2,3)15(8-9-20)18-11-12-10-17-13-6-4-5-7-14(13)19-12/h4-7,10,15,18,20H,8-9,11H2,1-3H3. The second-order valence-corrected chi connectivity index (χ2v) is 6.16. The van der Waals surface area contributed by atoms with Crippen LogP contribution in [0.3, 0.4) is 0 Å². The quantitative estimate of drug-likeness (QED) is 0.879. The molecule has 0 amide bonds. The Hall–Kier alpha value is -1.52. The molecule has 2 aromatic rings. The summed E-state index contributed by atoms with van der Waals surface area (Å²) in [6, 6.07) is 8.12. The van der Waals surface area contributed by atoms with Crippen LogP contribution in [-0.2, 0) is 6.54 Å². The molecule has 1 aromatic heterocycles. The van der Waals surface area contributed by atoms with Gasteiger partial charge in [-0.1, -0.05) is 32.9 Å². The van der Waals surface area contributed by atoms with E-state index in [1.165, 1.54) is 0 Å². The average molecular weight is 273 g/mol. The number of hydrogen-bond donors (Lipinski definition) is 2. The number of rotatable bonds is 5. The van der Waals surface area contributed by atoms with Crippen molar-refractivity contribution in [1.82, 2.24) is 15.3 Å². The van der Waals surface area contributed by atoms with E-state index in [-0.39, 0.29) is 18.1 Å². The molecule has 0 aliphatic heterocycles. The molecule has 1 unspecified atom stereocenters. The largest absolute Gasteiger partial charge is 0.396 e. The molecule has 2 N–H and O–H groups in total. The molecule has 1 atom stereocenters. The van der Waals surface area contributed by atoms with Gasteiger partial charge in [-0.2, -0.15) is 0 Å². The number of para-hydroxylation sites is 2. The molecule has 108 valence electrons. The normalized spacial score (nSPS) is 13.6. The van der Waals surface area contributed by atoms with Crippen molar-refractivity contribution in [2.45, 2.75) is 39.8 Å². The van der Waals surface area contributed by atoms with Gasteiger partial charge in [-0.05, 0) is 24.0 Å². The summed E-state index contributed by atoms with van der Waals surface area (Å²) in [7, 11) is 0. The zero-order chi connectivity index (χ0) is 14.6. The van der Waals surface area contributed by atoms with Crippen molar-refractivity contribution in [3.8, 4) is 0 Å². The van der Waals surface area contributed by atoms with Gasteiger partial charge in [0.15, 0.2) is 0 Å². The Morgan fingerprint density at radius 2 is 1.90 bits per heavy atom. The second kappa shape index (κ2) is 6.29. The summed E-state index contributed by atoms with van der Waals surface area (Å²) >= 11 is 0. The molecular weight excluding hydrogens is 250 g/mol. The van der Waals surface area contributed by atoms with Gasteiger partial charge in [0.2, 0.25) is 0 Å². The van der Waals surface area contributed by atoms with E-state index in [2.05, 4.69) is 36.1 Å². The molecule has 0 aliphatic rings. The van der Waals surface area contributed by atoms with E-state index in [0.717, 1.165) is 23.1 Å². The van der Waals surface area contributed by atoms with Crippen molar-refractivity contribution >= 4 is 11.0 Å². The van der Waals surface area contributed by atoms with Crippen molar-refractivity contribution in [1.29, 1.82) is 0 Å². The average Bonchev–Trinajstić information content (AvgIpc) is 2.42. The third-order valence-corrected chi connectivity index (χ3v) is 3.49. The molecule has 0 radical (unpaired) electrons. The maximum atomic E-state index is 9.17. The minimum absolute atomic E-state index is 0.104. The topological polar surface area (TPSA) is 58.0 Å². The number of benzene rings is 1. The van der Waals surface area contributed by atoms with E-state index in [1.54, 1.807) is 0 Å². The number of aliphatic hydroxyl groups is 1. The highest BCUT2D eigenvalue weighted by atomic mass is 16.3. The summed E-state index contributed by atoms with van der Waals surface area (Å²) in [4.78, 5) is 9.02. The first-order valence-corrected chi connectivity index (χ1v) is 7.05. The van der Waals surface area contributed by atoms with E-state index in [9.17, 15) is 5.11 Å². The molecule has 4 heteroatoms. The monoisotopic (exact) mass is 273 g/mol. The van der Waals surface area contributed by atoms with Crippen LogP contribution in [0.2, 0.25) is 0 Å². The molecule has 0 saturated carbocycles. The van der Waals surface area contributed by atoms with Gasteiger partial charge >= 0.3 is 0 Å². The van der Waals surface area contributed by atoms with Gasteiger partial charge in [-0.15, -0.1) is 0 Å². The Morgan fingerprint density at radius 3 is 2.55 bits per heavy atom. The fraction of sp³-hybridized carbons (Fsp3) is 0.500. The van der Waals surface area contributed by atoms with Crippen molar-refractivity contribution in [2.75, 3.05) is 6.61 Å². The van der Waals surface area contributed by atoms with Gasteiger partial charge in [0.05, 0.1) is 22.9 Å². The van der Waals surface area contributed by atoms with Crippen LogP contribution in [0.1, 0.15) is 32.9 Å². The Morgan fingerprint density at radius 1 is 1.20 bits per heavy atom. The summed E-state index contributed by atoms with van der Waals surface area (Å²) < 4.78 is 0. The summed E-state index contributed by atoms with van der Waals surface area (Å²) in [6.07, 6.45) is 2.55. The van der Waals surface area contributed by atoms with Crippen LogP contribution in [0.4, 0.5) is 0 Å². The van der Waals surface area contributed by atoms with Crippen molar-refractivity contribution < 1.29 is 5.11 Å². The molecule has 0 aliphatic carbocycles. The predicted molar refractivity (Wildman–Crippen MR) is 81.3 cm³/mol. The smallest absolute Gasteiger partial charge is 0.0890 e. The lowest BCUT2D eigenvalue weighted by Crippen LogP contribution is -2.40. The molecule has 0 bridgehead atoms. The fourth-order valence-electron chi connectivity index (χ4n) is 2.28. The third-order valence-electron chi connectivity index (χ3n) is 3.49. The number of hydrogen-bond acceptors (Lipinski definition) is 4. The van der Waals surface area contributed by atoms with E-state index in [4.69, 9.17) is 0 Å². The van der Waals surface area contributed by atoms with Crippen molar-refractivity contribution in [3.63, 3.8) is 0 Å². The Bertz CT molecular complexity index is 563. The Balaban J connectivity index is 2.07.